The Bertz CT molecular complexity index is 633. The average Bonchev–Trinajstić information content (AvgIpc) is 2.47. The lowest BCUT2D eigenvalue weighted by Crippen LogP contribution is -2.12. The quantitative estimate of drug-likeness (QED) is 0.591. The van der Waals surface area contributed by atoms with Gasteiger partial charge < -0.3 is 5.32 Å². The molecule has 0 fully saturated rings. The van der Waals surface area contributed by atoms with E-state index < -0.39 is 0 Å². The number of thioether (sulfide) groups is 1. The predicted molar refractivity (Wildman–Crippen MR) is 90.3 cm³/mol. The Kier molecular flexibility index (Phi) is 5.52. The zero-order valence-electron chi connectivity index (χ0n) is 10.8. The Balaban J connectivity index is 2.23. The van der Waals surface area contributed by atoms with Crippen LogP contribution in [0.25, 0.3) is 0 Å². The third kappa shape index (κ3) is 3.78. The van der Waals surface area contributed by atoms with E-state index in [1.165, 1.54) is 0 Å². The van der Waals surface area contributed by atoms with E-state index in [-0.39, 0.29) is 5.91 Å². The molecule has 0 saturated heterocycles. The molecule has 0 spiro atoms. The van der Waals surface area contributed by atoms with E-state index >= 15 is 0 Å². The first-order chi connectivity index (χ1) is 9.63. The molecule has 1 N–H and O–H groups in total. The van der Waals surface area contributed by atoms with Crippen molar-refractivity contribution in [2.24, 2.45) is 0 Å². The highest BCUT2D eigenvalue weighted by molar-refractivity contribution is 9.08. The van der Waals surface area contributed by atoms with Gasteiger partial charge in [0.25, 0.3) is 5.91 Å². The first-order valence-corrected chi connectivity index (χ1v) is 8.66. The Hall–Kier alpha value is -0.970. The second-order valence-electron chi connectivity index (χ2n) is 4.13. The monoisotopic (exact) mass is 369 g/mol. The van der Waals surface area contributed by atoms with Crippen molar-refractivity contribution in [3.05, 3.63) is 58.6 Å². The number of rotatable bonds is 4. The minimum absolute atomic E-state index is 0.197. The van der Waals surface area contributed by atoms with Crippen LogP contribution in [0.4, 0.5) is 5.69 Å². The van der Waals surface area contributed by atoms with Crippen LogP contribution >= 0.6 is 39.3 Å². The van der Waals surface area contributed by atoms with Crippen LogP contribution in [0.3, 0.4) is 0 Å². The van der Waals surface area contributed by atoms with Crippen molar-refractivity contribution >= 4 is 50.9 Å². The molecule has 2 nitrogen and oxygen atoms in total. The molecule has 0 bridgehead atoms. The molecule has 2 rings (SSSR count). The largest absolute Gasteiger partial charge is 0.322 e. The highest BCUT2D eigenvalue weighted by Gasteiger charge is 2.11. The Labute approximate surface area is 136 Å². The van der Waals surface area contributed by atoms with Crippen molar-refractivity contribution in [1.82, 2.24) is 0 Å². The number of carbonyl (C=O) groups is 1. The van der Waals surface area contributed by atoms with Gasteiger partial charge in [-0.2, -0.15) is 0 Å². The Morgan fingerprint density at radius 1 is 1.30 bits per heavy atom. The zero-order chi connectivity index (χ0) is 14.5. The van der Waals surface area contributed by atoms with Gasteiger partial charge in [0.05, 0.1) is 10.6 Å². The first-order valence-electron chi connectivity index (χ1n) is 5.94. The molecule has 0 aliphatic heterocycles. The van der Waals surface area contributed by atoms with Crippen molar-refractivity contribution in [3.8, 4) is 0 Å². The van der Waals surface area contributed by atoms with Crippen LogP contribution < -0.4 is 5.32 Å². The number of halogens is 2. The minimum atomic E-state index is -0.197. The maximum absolute atomic E-state index is 12.3. The molecule has 1 amide bonds. The summed E-state index contributed by atoms with van der Waals surface area (Å²) in [5.41, 5.74) is 2.35. The fourth-order valence-electron chi connectivity index (χ4n) is 1.74. The number of anilines is 1. The number of benzene rings is 2. The summed E-state index contributed by atoms with van der Waals surface area (Å²) in [6.07, 6.45) is 1.96. The van der Waals surface area contributed by atoms with Crippen molar-refractivity contribution < 1.29 is 4.79 Å². The molecule has 2 aromatic rings. The number of alkyl halides is 1. The van der Waals surface area contributed by atoms with Gasteiger partial charge in [-0.3, -0.25) is 4.79 Å². The zero-order valence-corrected chi connectivity index (χ0v) is 14.0. The van der Waals surface area contributed by atoms with E-state index in [4.69, 9.17) is 11.6 Å². The first kappa shape index (κ1) is 15.4. The lowest BCUT2D eigenvalue weighted by Gasteiger charge is -2.09. The molecular weight excluding hydrogens is 358 g/mol. The highest BCUT2D eigenvalue weighted by atomic mass is 79.9. The summed E-state index contributed by atoms with van der Waals surface area (Å²) in [4.78, 5) is 13.3. The summed E-state index contributed by atoms with van der Waals surface area (Å²) in [6.45, 7) is 0. The summed E-state index contributed by atoms with van der Waals surface area (Å²) in [7, 11) is 0. The van der Waals surface area contributed by atoms with Crippen LogP contribution in [-0.4, -0.2) is 12.2 Å². The summed E-state index contributed by atoms with van der Waals surface area (Å²) in [5.74, 6) is -0.197. The summed E-state index contributed by atoms with van der Waals surface area (Å²) in [5, 5.41) is 4.08. The molecule has 0 unspecified atom stereocenters. The van der Waals surface area contributed by atoms with E-state index in [1.807, 2.05) is 36.6 Å². The van der Waals surface area contributed by atoms with Crippen molar-refractivity contribution in [1.29, 1.82) is 0 Å². The van der Waals surface area contributed by atoms with E-state index in [0.29, 0.717) is 10.6 Å². The molecule has 0 radical (unpaired) electrons. The Morgan fingerprint density at radius 2 is 2.10 bits per heavy atom. The van der Waals surface area contributed by atoms with Crippen molar-refractivity contribution in [2.45, 2.75) is 10.2 Å². The molecule has 104 valence electrons. The van der Waals surface area contributed by atoms with Crippen molar-refractivity contribution in [2.75, 3.05) is 11.6 Å². The molecule has 0 aromatic heterocycles. The van der Waals surface area contributed by atoms with E-state index in [2.05, 4.69) is 21.2 Å². The van der Waals surface area contributed by atoms with Gasteiger partial charge in [-0.25, -0.2) is 0 Å². The van der Waals surface area contributed by atoms with Crippen LogP contribution in [0.15, 0.2) is 47.4 Å². The fourth-order valence-corrected chi connectivity index (χ4v) is 2.73. The Morgan fingerprint density at radius 3 is 2.80 bits per heavy atom. The summed E-state index contributed by atoms with van der Waals surface area (Å²) < 4.78 is 0. The number of carbonyl (C=O) groups excluding carboxylic acids is 1. The lowest BCUT2D eigenvalue weighted by atomic mass is 10.2. The van der Waals surface area contributed by atoms with Gasteiger partial charge in [0, 0.05) is 15.9 Å². The molecule has 0 heterocycles. The third-order valence-electron chi connectivity index (χ3n) is 2.76. The number of nitrogens with one attached hydrogen (secondary N) is 1. The van der Waals surface area contributed by atoms with E-state index in [1.54, 1.807) is 23.9 Å². The molecule has 2 aromatic carbocycles. The normalized spacial score (nSPS) is 10.3. The molecule has 5 heteroatoms. The maximum Gasteiger partial charge on any atom is 0.257 e. The predicted octanol–water partition coefficient (Wildman–Crippen LogP) is 5.21. The SMILES string of the molecule is CSc1ccc(Cl)c(C(=O)Nc2cccc(CBr)c2)c1. The maximum atomic E-state index is 12.3. The van der Waals surface area contributed by atoms with Crippen LogP contribution in [-0.2, 0) is 5.33 Å². The highest BCUT2D eigenvalue weighted by Crippen LogP contribution is 2.24. The van der Waals surface area contributed by atoms with Crippen LogP contribution in [0, 0.1) is 0 Å². The lowest BCUT2D eigenvalue weighted by molar-refractivity contribution is 0.102. The van der Waals surface area contributed by atoms with Gasteiger partial charge in [-0.15, -0.1) is 11.8 Å². The van der Waals surface area contributed by atoms with Crippen molar-refractivity contribution in [3.63, 3.8) is 0 Å². The molecule has 0 atom stereocenters. The molecular formula is C15H13BrClNOS. The van der Waals surface area contributed by atoms with Gasteiger partial charge in [-0.05, 0) is 42.2 Å². The van der Waals surface area contributed by atoms with Gasteiger partial charge in [0.1, 0.15) is 0 Å². The summed E-state index contributed by atoms with van der Waals surface area (Å²) >= 11 is 11.1. The van der Waals surface area contributed by atoms with Gasteiger partial charge in [0.2, 0.25) is 0 Å². The van der Waals surface area contributed by atoms with Gasteiger partial charge in [-0.1, -0.05) is 39.7 Å². The molecule has 0 saturated carbocycles. The standard InChI is InChI=1S/C15H13BrClNOS/c1-20-12-5-6-14(17)13(8-12)15(19)18-11-4-2-3-10(7-11)9-16/h2-8H,9H2,1H3,(H,18,19). The van der Waals surface area contributed by atoms with Crippen LogP contribution in [0.2, 0.25) is 5.02 Å². The molecule has 0 aliphatic rings. The molecule has 20 heavy (non-hydrogen) atoms. The second kappa shape index (κ2) is 7.16. The number of hydrogen-bond acceptors (Lipinski definition) is 2. The molecule has 0 aliphatic carbocycles. The second-order valence-corrected chi connectivity index (χ2v) is 5.98. The van der Waals surface area contributed by atoms with Gasteiger partial charge in [0.15, 0.2) is 0 Å². The fraction of sp³-hybridized carbons (Fsp3) is 0.133. The topological polar surface area (TPSA) is 29.1 Å². The summed E-state index contributed by atoms with van der Waals surface area (Å²) in [6, 6.07) is 13.1. The van der Waals surface area contributed by atoms with Gasteiger partial charge >= 0.3 is 0 Å². The third-order valence-corrected chi connectivity index (χ3v) is 4.46. The number of hydrogen-bond donors (Lipinski definition) is 1. The van der Waals surface area contributed by atoms with Crippen LogP contribution in [0.1, 0.15) is 15.9 Å². The minimum Gasteiger partial charge on any atom is -0.322 e. The smallest absolute Gasteiger partial charge is 0.257 e. The van der Waals surface area contributed by atoms with Crippen LogP contribution in [0.5, 0.6) is 0 Å². The average molecular weight is 371 g/mol. The van der Waals surface area contributed by atoms with E-state index in [9.17, 15) is 4.79 Å². The van der Waals surface area contributed by atoms with E-state index in [0.717, 1.165) is 21.5 Å². The number of amides is 1.